The van der Waals surface area contributed by atoms with Gasteiger partial charge < -0.3 is 10.5 Å². The lowest BCUT2D eigenvalue weighted by Gasteiger charge is -2.27. The molecule has 2 nitrogen and oxygen atoms in total. The summed E-state index contributed by atoms with van der Waals surface area (Å²) in [5.41, 5.74) is 5.83. The fraction of sp³-hybridized carbons (Fsp3) is 0.538. The van der Waals surface area contributed by atoms with E-state index in [9.17, 15) is 13.2 Å². The second kappa shape index (κ2) is 5.28. The first kappa shape index (κ1) is 15.0. The first-order valence-corrected chi connectivity index (χ1v) is 5.73. The molecule has 0 saturated carbocycles. The Labute approximate surface area is 105 Å². The summed E-state index contributed by atoms with van der Waals surface area (Å²) >= 11 is 0. The van der Waals surface area contributed by atoms with E-state index in [1.807, 2.05) is 6.92 Å². The van der Waals surface area contributed by atoms with Gasteiger partial charge in [0, 0.05) is 6.61 Å². The zero-order chi connectivity index (χ0) is 14.0. The molecule has 2 N–H and O–H groups in total. The molecular formula is C13H18F3NO. The van der Waals surface area contributed by atoms with Crippen molar-refractivity contribution in [1.82, 2.24) is 0 Å². The fourth-order valence-corrected chi connectivity index (χ4v) is 1.87. The molecule has 18 heavy (non-hydrogen) atoms. The summed E-state index contributed by atoms with van der Waals surface area (Å²) in [5, 5.41) is 0. The Hall–Kier alpha value is -1.07. The van der Waals surface area contributed by atoms with Gasteiger partial charge in [0.1, 0.15) is 0 Å². The predicted octanol–water partition coefficient (Wildman–Crippen LogP) is 3.22. The van der Waals surface area contributed by atoms with Crippen LogP contribution < -0.4 is 5.73 Å². The van der Waals surface area contributed by atoms with Crippen LogP contribution in [0, 0.1) is 6.92 Å². The molecule has 1 aromatic rings. The Morgan fingerprint density at radius 2 is 1.89 bits per heavy atom. The normalized spacial score (nSPS) is 15.5. The average Bonchev–Trinajstić information content (AvgIpc) is 2.24. The molecule has 0 bridgehead atoms. The number of benzene rings is 1. The largest absolute Gasteiger partial charge is 0.416 e. The summed E-state index contributed by atoms with van der Waals surface area (Å²) in [6, 6.07) is 3.60. The topological polar surface area (TPSA) is 35.2 Å². The molecule has 5 heteroatoms. The summed E-state index contributed by atoms with van der Waals surface area (Å²) in [6.07, 6.45) is -4.33. The van der Waals surface area contributed by atoms with Crippen molar-refractivity contribution in [3.63, 3.8) is 0 Å². The quantitative estimate of drug-likeness (QED) is 0.903. The second-order valence-electron chi connectivity index (χ2n) is 4.58. The molecule has 102 valence electrons. The zero-order valence-electron chi connectivity index (χ0n) is 10.8. The van der Waals surface area contributed by atoms with Gasteiger partial charge in [-0.05, 0) is 44.0 Å². The maximum atomic E-state index is 12.5. The van der Waals surface area contributed by atoms with Crippen LogP contribution in [0.15, 0.2) is 18.2 Å². The lowest BCUT2D eigenvalue weighted by atomic mass is 9.89. The van der Waals surface area contributed by atoms with Crippen molar-refractivity contribution in [2.45, 2.75) is 32.5 Å². The Morgan fingerprint density at radius 3 is 2.33 bits per heavy atom. The zero-order valence-corrected chi connectivity index (χ0v) is 10.8. The van der Waals surface area contributed by atoms with Crippen LogP contribution in [0.1, 0.15) is 30.5 Å². The second-order valence-corrected chi connectivity index (χ2v) is 4.58. The van der Waals surface area contributed by atoms with Gasteiger partial charge in [-0.25, -0.2) is 0 Å². The number of halogens is 3. The highest BCUT2D eigenvalue weighted by atomic mass is 19.4. The van der Waals surface area contributed by atoms with E-state index in [4.69, 9.17) is 10.5 Å². The van der Waals surface area contributed by atoms with Gasteiger partial charge in [0.05, 0.1) is 17.7 Å². The first-order chi connectivity index (χ1) is 8.18. The number of ether oxygens (including phenoxy) is 1. The Bertz CT molecular complexity index is 413. The number of alkyl halides is 3. The van der Waals surface area contributed by atoms with Crippen molar-refractivity contribution in [2.24, 2.45) is 5.73 Å². The molecule has 1 atom stereocenters. The molecule has 0 aromatic heterocycles. The van der Waals surface area contributed by atoms with Crippen molar-refractivity contribution in [1.29, 1.82) is 0 Å². The standard InChI is InChI=1S/C13H18F3NO/c1-4-18-8-12(3,17)11-6-5-10(7-9(11)2)13(14,15)16/h5-7H,4,8,17H2,1-3H3. The molecule has 0 aliphatic rings. The van der Waals surface area contributed by atoms with Gasteiger partial charge in [0.2, 0.25) is 0 Å². The van der Waals surface area contributed by atoms with E-state index in [0.717, 1.165) is 12.1 Å². The monoisotopic (exact) mass is 261 g/mol. The van der Waals surface area contributed by atoms with Gasteiger partial charge in [0.25, 0.3) is 0 Å². The van der Waals surface area contributed by atoms with E-state index in [1.165, 1.54) is 6.07 Å². The maximum absolute atomic E-state index is 12.5. The van der Waals surface area contributed by atoms with Gasteiger partial charge >= 0.3 is 6.18 Å². The van der Waals surface area contributed by atoms with Crippen molar-refractivity contribution >= 4 is 0 Å². The van der Waals surface area contributed by atoms with Gasteiger partial charge in [-0.3, -0.25) is 0 Å². The molecule has 1 unspecified atom stereocenters. The van der Waals surface area contributed by atoms with Crippen LogP contribution in [0.3, 0.4) is 0 Å². The lowest BCUT2D eigenvalue weighted by Crippen LogP contribution is -2.39. The highest BCUT2D eigenvalue weighted by Gasteiger charge is 2.32. The molecule has 0 aliphatic carbocycles. The van der Waals surface area contributed by atoms with Crippen LogP contribution >= 0.6 is 0 Å². The van der Waals surface area contributed by atoms with Crippen molar-refractivity contribution < 1.29 is 17.9 Å². The molecule has 0 aliphatic heterocycles. The number of nitrogens with two attached hydrogens (primary N) is 1. The molecule has 0 fully saturated rings. The van der Waals surface area contributed by atoms with E-state index in [2.05, 4.69) is 0 Å². The SMILES string of the molecule is CCOCC(C)(N)c1ccc(C(F)(F)F)cc1C. The highest BCUT2D eigenvalue weighted by molar-refractivity contribution is 5.36. The molecule has 1 aromatic carbocycles. The number of hydrogen-bond acceptors (Lipinski definition) is 2. The summed E-state index contributed by atoms with van der Waals surface area (Å²) in [4.78, 5) is 0. The third-order valence-electron chi connectivity index (χ3n) is 2.78. The highest BCUT2D eigenvalue weighted by Crippen LogP contribution is 2.32. The summed E-state index contributed by atoms with van der Waals surface area (Å²) in [6.45, 7) is 6.01. The van der Waals surface area contributed by atoms with Crippen LogP contribution in [-0.4, -0.2) is 13.2 Å². The van der Waals surface area contributed by atoms with Crippen molar-refractivity contribution in [3.05, 3.63) is 34.9 Å². The van der Waals surface area contributed by atoms with E-state index in [0.29, 0.717) is 17.7 Å². The van der Waals surface area contributed by atoms with Crippen LogP contribution in [0.5, 0.6) is 0 Å². The first-order valence-electron chi connectivity index (χ1n) is 5.73. The van der Waals surface area contributed by atoms with Crippen molar-refractivity contribution in [3.8, 4) is 0 Å². The number of aryl methyl sites for hydroxylation is 1. The lowest BCUT2D eigenvalue weighted by molar-refractivity contribution is -0.137. The van der Waals surface area contributed by atoms with E-state index in [1.54, 1.807) is 13.8 Å². The minimum atomic E-state index is -4.33. The summed E-state index contributed by atoms with van der Waals surface area (Å²) in [5.74, 6) is 0. The Kier molecular flexibility index (Phi) is 4.40. The molecule has 0 amide bonds. The third kappa shape index (κ3) is 3.46. The van der Waals surface area contributed by atoms with Gasteiger partial charge in [-0.2, -0.15) is 13.2 Å². The van der Waals surface area contributed by atoms with Crippen LogP contribution in [0.4, 0.5) is 13.2 Å². The summed E-state index contributed by atoms with van der Waals surface area (Å²) < 4.78 is 42.9. The van der Waals surface area contributed by atoms with Gasteiger partial charge in [0.15, 0.2) is 0 Å². The molecule has 1 rings (SSSR count). The fourth-order valence-electron chi connectivity index (χ4n) is 1.87. The molecular weight excluding hydrogens is 243 g/mol. The predicted molar refractivity (Wildman–Crippen MR) is 64.2 cm³/mol. The van der Waals surface area contributed by atoms with Gasteiger partial charge in [-0.15, -0.1) is 0 Å². The minimum absolute atomic E-state index is 0.274. The Morgan fingerprint density at radius 1 is 1.28 bits per heavy atom. The third-order valence-corrected chi connectivity index (χ3v) is 2.78. The smallest absolute Gasteiger partial charge is 0.379 e. The van der Waals surface area contributed by atoms with Crippen LogP contribution in [0.25, 0.3) is 0 Å². The van der Waals surface area contributed by atoms with Crippen molar-refractivity contribution in [2.75, 3.05) is 13.2 Å². The number of rotatable bonds is 4. The molecule has 0 radical (unpaired) electrons. The van der Waals surface area contributed by atoms with Crippen LogP contribution in [-0.2, 0) is 16.5 Å². The average molecular weight is 261 g/mol. The van der Waals surface area contributed by atoms with Crippen LogP contribution in [0.2, 0.25) is 0 Å². The molecule has 0 spiro atoms. The maximum Gasteiger partial charge on any atom is 0.416 e. The molecule has 0 heterocycles. The molecule has 0 saturated heterocycles. The van der Waals surface area contributed by atoms with E-state index < -0.39 is 17.3 Å². The summed E-state index contributed by atoms with van der Waals surface area (Å²) in [7, 11) is 0. The van der Waals surface area contributed by atoms with Gasteiger partial charge in [-0.1, -0.05) is 6.07 Å². The Balaban J connectivity index is 3.05. The number of hydrogen-bond donors (Lipinski definition) is 1. The van der Waals surface area contributed by atoms with E-state index in [-0.39, 0.29) is 6.61 Å². The minimum Gasteiger partial charge on any atom is -0.379 e. The van der Waals surface area contributed by atoms with E-state index >= 15 is 0 Å².